The molecule has 1 unspecified atom stereocenters. The standard InChI is InChI=1S/C44H50N10O5S2/c1-23(2)35(47-25(5)56)43(58)53-18-6-8-32(53)37-45-20-30(48-37)26-10-14-28(15-11-26)39-51-41-42(60-39)52-40(61-41)29-16-12-27(13-17-29)31-21-46-38(49-31)33-9-7-19-54(33)44(59)36(24(3)4)50-34(57)22-55/h10-17,20-21,23-24,32-33,35-36,55H,6-9,18-19,22H2,1-5H3,(H,45,48)(H,46,49)(H,47,56)(H,50,57)/t32?,33-,35-,36-/m0/s1. The topological polar surface area (TPSA) is 202 Å². The van der Waals surface area contributed by atoms with Gasteiger partial charge in [0, 0.05) is 31.1 Å². The van der Waals surface area contributed by atoms with Crippen LogP contribution >= 0.6 is 22.7 Å². The molecule has 0 spiro atoms. The predicted octanol–water partition coefficient (Wildman–Crippen LogP) is 6.49. The highest BCUT2D eigenvalue weighted by Crippen LogP contribution is 2.39. The predicted molar refractivity (Wildman–Crippen MR) is 235 cm³/mol. The Hall–Kier alpha value is -5.78. The molecular formula is C44H50N10O5S2. The maximum absolute atomic E-state index is 13.5. The van der Waals surface area contributed by atoms with E-state index < -0.39 is 24.6 Å². The van der Waals surface area contributed by atoms with Crippen molar-refractivity contribution in [3.8, 4) is 43.7 Å². The van der Waals surface area contributed by atoms with Crippen LogP contribution in [0.3, 0.4) is 0 Å². The van der Waals surface area contributed by atoms with Crippen LogP contribution in [0.15, 0.2) is 60.9 Å². The lowest BCUT2D eigenvalue weighted by molar-refractivity contribution is -0.139. The second-order valence-corrected chi connectivity index (χ2v) is 18.4. The Morgan fingerprint density at radius 3 is 1.49 bits per heavy atom. The van der Waals surface area contributed by atoms with Gasteiger partial charge in [-0.2, -0.15) is 0 Å². The van der Waals surface area contributed by atoms with Gasteiger partial charge < -0.3 is 35.5 Å². The third-order valence-electron chi connectivity index (χ3n) is 11.4. The Kier molecular flexibility index (Phi) is 12.1. The Morgan fingerprint density at radius 1 is 0.689 bits per heavy atom. The molecule has 4 amide bonds. The Labute approximate surface area is 361 Å². The number of H-pyrrole nitrogens is 2. The zero-order valence-electron chi connectivity index (χ0n) is 34.8. The molecule has 0 aliphatic carbocycles. The van der Waals surface area contributed by atoms with Crippen molar-refractivity contribution in [2.75, 3.05) is 19.7 Å². The molecule has 2 aliphatic heterocycles. The fourth-order valence-electron chi connectivity index (χ4n) is 8.23. The summed E-state index contributed by atoms with van der Waals surface area (Å²) in [7, 11) is 0. The van der Waals surface area contributed by atoms with Crippen molar-refractivity contribution in [2.45, 2.75) is 84.5 Å². The van der Waals surface area contributed by atoms with Crippen LogP contribution in [0, 0.1) is 11.8 Å². The first-order valence-corrected chi connectivity index (χ1v) is 22.4. The first-order chi connectivity index (χ1) is 29.4. The van der Waals surface area contributed by atoms with Crippen molar-refractivity contribution in [3.05, 3.63) is 72.6 Å². The molecule has 17 heteroatoms. The molecule has 2 saturated heterocycles. The highest BCUT2D eigenvalue weighted by atomic mass is 32.1. The number of thiazole rings is 2. The van der Waals surface area contributed by atoms with Crippen molar-refractivity contribution < 1.29 is 24.3 Å². The molecule has 6 aromatic rings. The van der Waals surface area contributed by atoms with Crippen molar-refractivity contribution in [1.82, 2.24) is 50.3 Å². The molecule has 4 aromatic heterocycles. The van der Waals surface area contributed by atoms with E-state index in [2.05, 4.69) is 30.6 Å². The minimum Gasteiger partial charge on any atom is -0.387 e. The molecule has 0 bridgehead atoms. The molecule has 61 heavy (non-hydrogen) atoms. The zero-order valence-corrected chi connectivity index (χ0v) is 36.4. The van der Waals surface area contributed by atoms with Gasteiger partial charge in [-0.25, -0.2) is 19.9 Å². The number of hydrogen-bond acceptors (Lipinski definition) is 11. The van der Waals surface area contributed by atoms with Crippen molar-refractivity contribution in [3.63, 3.8) is 0 Å². The summed E-state index contributed by atoms with van der Waals surface area (Å²) < 4.78 is 0. The summed E-state index contributed by atoms with van der Waals surface area (Å²) in [4.78, 5) is 82.3. The Bertz CT molecular complexity index is 2510. The number of nitrogens with zero attached hydrogens (tertiary/aromatic N) is 6. The third-order valence-corrected chi connectivity index (χ3v) is 13.6. The molecule has 2 aromatic carbocycles. The van der Waals surface area contributed by atoms with Crippen LogP contribution in [0.4, 0.5) is 0 Å². The Balaban J connectivity index is 0.911. The van der Waals surface area contributed by atoms with Gasteiger partial charge in [-0.1, -0.05) is 98.9 Å². The number of carbonyl (C=O) groups is 4. The van der Waals surface area contributed by atoms with Gasteiger partial charge in [0.15, 0.2) is 9.66 Å². The summed E-state index contributed by atoms with van der Waals surface area (Å²) >= 11 is 3.11. The second-order valence-electron chi connectivity index (χ2n) is 16.4. The van der Waals surface area contributed by atoms with Crippen molar-refractivity contribution >= 4 is 56.0 Å². The van der Waals surface area contributed by atoms with Crippen LogP contribution in [-0.2, 0) is 19.2 Å². The third kappa shape index (κ3) is 8.72. The molecule has 318 valence electrons. The number of nitrogens with one attached hydrogen (secondary N) is 4. The lowest BCUT2D eigenvalue weighted by Gasteiger charge is -2.30. The van der Waals surface area contributed by atoms with E-state index in [0.29, 0.717) is 18.9 Å². The lowest BCUT2D eigenvalue weighted by atomic mass is 10.0. The van der Waals surface area contributed by atoms with Crippen molar-refractivity contribution in [2.24, 2.45) is 11.8 Å². The molecule has 5 N–H and O–H groups in total. The molecule has 0 saturated carbocycles. The summed E-state index contributed by atoms with van der Waals surface area (Å²) in [6.07, 6.45) is 6.87. The molecule has 2 fully saturated rings. The van der Waals surface area contributed by atoms with Gasteiger partial charge in [-0.05, 0) is 48.6 Å². The number of fused-ring (bicyclic) bond motifs is 1. The maximum atomic E-state index is 13.5. The smallest absolute Gasteiger partial charge is 0.246 e. The number of likely N-dealkylation sites (tertiary alicyclic amines) is 2. The fraction of sp³-hybridized carbons (Fsp3) is 0.409. The number of hydrogen-bond donors (Lipinski definition) is 5. The summed E-state index contributed by atoms with van der Waals surface area (Å²) in [6, 6.07) is 14.6. The highest BCUT2D eigenvalue weighted by Gasteiger charge is 2.38. The van der Waals surface area contributed by atoms with Crippen LogP contribution in [0.2, 0.25) is 0 Å². The van der Waals surface area contributed by atoms with Crippen LogP contribution < -0.4 is 10.6 Å². The first kappa shape index (κ1) is 41.9. The Morgan fingerprint density at radius 2 is 1.10 bits per heavy atom. The van der Waals surface area contributed by atoms with Gasteiger partial charge in [0.05, 0.1) is 35.9 Å². The van der Waals surface area contributed by atoms with Gasteiger partial charge in [-0.15, -0.1) is 0 Å². The average Bonchev–Trinajstić information content (AvgIpc) is 4.11. The summed E-state index contributed by atoms with van der Waals surface area (Å²) in [5, 5.41) is 16.5. The number of aromatic amines is 2. The number of benzene rings is 2. The van der Waals surface area contributed by atoms with E-state index in [1.165, 1.54) is 6.92 Å². The van der Waals surface area contributed by atoms with E-state index in [4.69, 9.17) is 9.97 Å². The SMILES string of the molecule is CC(=O)N[C@H](C(=O)N1CCCC1c1ncc(-c2ccc(-c3nc4sc(-c5ccc(-c6cnc([C@@H]7CCCN7C(=O)[C@@H](NC(=O)CO)C(C)C)[nH]6)cc5)nc4s3)cc2)[nH]1)C(C)C. The number of aliphatic hydroxyl groups is 1. The van der Waals surface area contributed by atoms with Gasteiger partial charge in [-0.3, -0.25) is 19.2 Å². The van der Waals surface area contributed by atoms with E-state index in [9.17, 15) is 24.3 Å². The quantitative estimate of drug-likeness (QED) is 0.0861. The minimum atomic E-state index is -0.724. The average molecular weight is 863 g/mol. The number of aliphatic hydroxyl groups excluding tert-OH is 1. The molecule has 6 heterocycles. The van der Waals surface area contributed by atoms with Gasteiger partial charge >= 0.3 is 0 Å². The van der Waals surface area contributed by atoms with Crippen LogP contribution in [0.1, 0.15) is 84.0 Å². The normalized spacial score (nSPS) is 17.7. The second kappa shape index (κ2) is 17.7. The largest absolute Gasteiger partial charge is 0.387 e. The van der Waals surface area contributed by atoms with E-state index >= 15 is 0 Å². The van der Waals surface area contributed by atoms with Gasteiger partial charge in [0.25, 0.3) is 0 Å². The summed E-state index contributed by atoms with van der Waals surface area (Å²) in [5.74, 6) is 0.247. The van der Waals surface area contributed by atoms with E-state index in [0.717, 1.165) is 84.8 Å². The molecule has 4 atom stereocenters. The number of carbonyl (C=O) groups excluding carboxylic acids is 4. The van der Waals surface area contributed by atoms with E-state index in [1.807, 2.05) is 87.3 Å². The van der Waals surface area contributed by atoms with Crippen LogP contribution in [-0.4, -0.2) is 100 Å². The molecule has 0 radical (unpaired) electrons. The molecule has 15 nitrogen and oxygen atoms in total. The van der Waals surface area contributed by atoms with Crippen LogP contribution in [0.5, 0.6) is 0 Å². The molecular weight excluding hydrogens is 813 g/mol. The minimum absolute atomic E-state index is 0.0314. The molecule has 2 aliphatic rings. The zero-order chi connectivity index (χ0) is 42.9. The number of amides is 4. The first-order valence-electron chi connectivity index (χ1n) is 20.8. The highest BCUT2D eigenvalue weighted by molar-refractivity contribution is 7.29. The lowest BCUT2D eigenvalue weighted by Crippen LogP contribution is -2.51. The van der Waals surface area contributed by atoms with Crippen LogP contribution in [0.25, 0.3) is 53.3 Å². The molecule has 8 rings (SSSR count). The number of aromatic nitrogens is 6. The summed E-state index contributed by atoms with van der Waals surface area (Å²) in [5.41, 5.74) is 5.61. The van der Waals surface area contributed by atoms with E-state index in [-0.39, 0.29) is 41.6 Å². The fourth-order valence-corrected chi connectivity index (χ4v) is 10.3. The monoisotopic (exact) mass is 862 g/mol. The van der Waals surface area contributed by atoms with E-state index in [1.54, 1.807) is 33.8 Å². The van der Waals surface area contributed by atoms with Gasteiger partial charge in [0.1, 0.15) is 40.4 Å². The maximum Gasteiger partial charge on any atom is 0.246 e. The summed E-state index contributed by atoms with van der Waals surface area (Å²) in [6.45, 7) is 9.61. The number of rotatable bonds is 13. The number of imidazole rings is 2. The van der Waals surface area contributed by atoms with Crippen molar-refractivity contribution in [1.29, 1.82) is 0 Å². The van der Waals surface area contributed by atoms with Gasteiger partial charge in [0.2, 0.25) is 23.6 Å².